The minimum absolute atomic E-state index is 0.197. The zero-order chi connectivity index (χ0) is 16.8. The molecule has 2 aromatic rings. The van der Waals surface area contributed by atoms with Crippen LogP contribution in [0.4, 0.5) is 0 Å². The Morgan fingerprint density at radius 3 is 3.08 bits per heavy atom. The summed E-state index contributed by atoms with van der Waals surface area (Å²) in [5.74, 6) is 1.83. The predicted octanol–water partition coefficient (Wildman–Crippen LogP) is 2.76. The summed E-state index contributed by atoms with van der Waals surface area (Å²) < 4.78 is 5.21. The van der Waals surface area contributed by atoms with Crippen LogP contribution in [0, 0.1) is 0 Å². The molecule has 6 heteroatoms. The van der Waals surface area contributed by atoms with Crippen LogP contribution >= 0.6 is 0 Å². The predicted molar refractivity (Wildman–Crippen MR) is 89.4 cm³/mol. The van der Waals surface area contributed by atoms with Crippen molar-refractivity contribution in [3.05, 3.63) is 41.8 Å². The maximum atomic E-state index is 12.5. The summed E-state index contributed by atoms with van der Waals surface area (Å²) in [5, 5.41) is 4.07. The van der Waals surface area contributed by atoms with E-state index in [1.54, 1.807) is 6.20 Å². The fourth-order valence-electron chi connectivity index (χ4n) is 3.12. The number of carbonyl (C=O) groups excluding carboxylic acids is 1. The average molecular weight is 328 g/mol. The van der Waals surface area contributed by atoms with Gasteiger partial charge in [-0.3, -0.25) is 9.78 Å². The Morgan fingerprint density at radius 1 is 1.42 bits per heavy atom. The summed E-state index contributed by atoms with van der Waals surface area (Å²) in [6.45, 7) is 3.53. The first kappa shape index (κ1) is 16.6. The first-order valence-electron chi connectivity index (χ1n) is 8.76. The monoisotopic (exact) mass is 328 g/mol. The Labute approximate surface area is 142 Å². The zero-order valence-corrected chi connectivity index (χ0v) is 14.1. The number of piperidine rings is 1. The number of nitrogens with zero attached hydrogens (tertiary/aromatic N) is 4. The molecule has 3 heterocycles. The molecule has 1 fully saturated rings. The van der Waals surface area contributed by atoms with Gasteiger partial charge in [0.05, 0.1) is 0 Å². The van der Waals surface area contributed by atoms with Crippen molar-refractivity contribution >= 4 is 5.91 Å². The van der Waals surface area contributed by atoms with Crippen LogP contribution < -0.4 is 0 Å². The molecular weight excluding hydrogens is 304 g/mol. The molecule has 1 aliphatic heterocycles. The lowest BCUT2D eigenvalue weighted by molar-refractivity contribution is -0.132. The van der Waals surface area contributed by atoms with Gasteiger partial charge < -0.3 is 9.42 Å². The maximum absolute atomic E-state index is 12.5. The molecule has 24 heavy (non-hydrogen) atoms. The van der Waals surface area contributed by atoms with Gasteiger partial charge in [-0.1, -0.05) is 18.1 Å². The van der Waals surface area contributed by atoms with Crippen LogP contribution in [0.5, 0.6) is 0 Å². The van der Waals surface area contributed by atoms with Gasteiger partial charge in [0.15, 0.2) is 5.82 Å². The van der Waals surface area contributed by atoms with E-state index in [0.29, 0.717) is 18.9 Å². The molecule has 2 aromatic heterocycles. The van der Waals surface area contributed by atoms with E-state index in [2.05, 4.69) is 15.1 Å². The molecule has 0 aromatic carbocycles. The van der Waals surface area contributed by atoms with Gasteiger partial charge >= 0.3 is 0 Å². The highest BCUT2D eigenvalue weighted by atomic mass is 16.5. The Bertz CT molecular complexity index is 656. The smallest absolute Gasteiger partial charge is 0.226 e. The van der Waals surface area contributed by atoms with Crippen molar-refractivity contribution in [1.82, 2.24) is 20.0 Å². The molecule has 0 saturated carbocycles. The number of aromatic nitrogens is 3. The lowest BCUT2D eigenvalue weighted by Gasteiger charge is -2.31. The fraction of sp³-hybridized carbons (Fsp3) is 0.556. The number of likely N-dealkylation sites (tertiary alicyclic amines) is 1. The number of hydrogen-bond acceptors (Lipinski definition) is 5. The van der Waals surface area contributed by atoms with E-state index in [4.69, 9.17) is 4.52 Å². The highest BCUT2D eigenvalue weighted by Crippen LogP contribution is 2.25. The van der Waals surface area contributed by atoms with Gasteiger partial charge in [-0.15, -0.1) is 0 Å². The topological polar surface area (TPSA) is 72.1 Å². The molecule has 1 aliphatic rings. The van der Waals surface area contributed by atoms with Crippen molar-refractivity contribution in [2.24, 2.45) is 0 Å². The SMILES string of the molecule is CCc1nc(C2CCCN(C(=O)CCCc3ccccn3)C2)no1. The van der Waals surface area contributed by atoms with Gasteiger partial charge in [-0.25, -0.2) is 0 Å². The Hall–Kier alpha value is -2.24. The number of carbonyl (C=O) groups is 1. The van der Waals surface area contributed by atoms with Crippen LogP contribution in [0.2, 0.25) is 0 Å². The highest BCUT2D eigenvalue weighted by Gasteiger charge is 2.27. The van der Waals surface area contributed by atoms with Crippen LogP contribution in [-0.2, 0) is 17.6 Å². The summed E-state index contributed by atoms with van der Waals surface area (Å²) in [5.41, 5.74) is 1.04. The molecule has 128 valence electrons. The third kappa shape index (κ3) is 4.19. The van der Waals surface area contributed by atoms with Gasteiger partial charge in [0, 0.05) is 43.7 Å². The number of aryl methyl sites for hydroxylation is 2. The molecule has 1 saturated heterocycles. The summed E-state index contributed by atoms with van der Waals surface area (Å²) in [6, 6.07) is 5.89. The number of hydrogen-bond donors (Lipinski definition) is 0. The molecule has 1 amide bonds. The van der Waals surface area contributed by atoms with E-state index in [9.17, 15) is 4.79 Å². The van der Waals surface area contributed by atoms with Crippen LogP contribution in [0.15, 0.2) is 28.9 Å². The second kappa shape index (κ2) is 8.04. The standard InChI is InChI=1S/C18H24N4O2/c1-2-16-20-18(21-24-16)14-7-6-12-22(13-14)17(23)10-5-9-15-8-3-4-11-19-15/h3-4,8,11,14H,2,5-7,9-10,12-13H2,1H3. The minimum atomic E-state index is 0.197. The number of pyridine rings is 1. The minimum Gasteiger partial charge on any atom is -0.342 e. The van der Waals surface area contributed by atoms with Gasteiger partial charge in [-0.05, 0) is 37.8 Å². The van der Waals surface area contributed by atoms with E-state index >= 15 is 0 Å². The molecule has 0 N–H and O–H groups in total. The van der Waals surface area contributed by atoms with Gasteiger partial charge in [-0.2, -0.15) is 4.98 Å². The van der Waals surface area contributed by atoms with E-state index in [-0.39, 0.29) is 11.8 Å². The van der Waals surface area contributed by atoms with Gasteiger partial charge in [0.2, 0.25) is 11.8 Å². The number of amides is 1. The third-order valence-electron chi connectivity index (χ3n) is 4.48. The van der Waals surface area contributed by atoms with Crippen LogP contribution in [0.1, 0.15) is 55.9 Å². The molecule has 0 bridgehead atoms. The quantitative estimate of drug-likeness (QED) is 0.815. The van der Waals surface area contributed by atoms with Crippen molar-refractivity contribution in [2.75, 3.05) is 13.1 Å². The first-order valence-corrected chi connectivity index (χ1v) is 8.76. The van der Waals surface area contributed by atoms with E-state index in [1.807, 2.05) is 30.0 Å². The third-order valence-corrected chi connectivity index (χ3v) is 4.48. The second-order valence-electron chi connectivity index (χ2n) is 6.25. The average Bonchev–Trinajstić information content (AvgIpc) is 3.12. The van der Waals surface area contributed by atoms with E-state index in [1.165, 1.54) is 0 Å². The molecule has 6 nitrogen and oxygen atoms in total. The Balaban J connectivity index is 1.49. The van der Waals surface area contributed by atoms with Gasteiger partial charge in [0.1, 0.15) is 0 Å². The van der Waals surface area contributed by atoms with Crippen molar-refractivity contribution in [1.29, 1.82) is 0 Å². The lowest BCUT2D eigenvalue weighted by Crippen LogP contribution is -2.39. The number of rotatable bonds is 6. The molecule has 0 spiro atoms. The molecule has 1 unspecified atom stereocenters. The maximum Gasteiger partial charge on any atom is 0.226 e. The summed E-state index contributed by atoms with van der Waals surface area (Å²) in [4.78, 5) is 23.1. The molecule has 3 rings (SSSR count). The van der Waals surface area contributed by atoms with E-state index < -0.39 is 0 Å². The lowest BCUT2D eigenvalue weighted by atomic mass is 9.97. The molecular formula is C18H24N4O2. The zero-order valence-electron chi connectivity index (χ0n) is 14.1. The molecule has 0 aliphatic carbocycles. The Morgan fingerprint density at radius 2 is 2.33 bits per heavy atom. The molecule has 1 atom stereocenters. The highest BCUT2D eigenvalue weighted by molar-refractivity contribution is 5.76. The van der Waals surface area contributed by atoms with Crippen molar-refractivity contribution in [3.8, 4) is 0 Å². The van der Waals surface area contributed by atoms with Crippen LogP contribution in [0.3, 0.4) is 0 Å². The van der Waals surface area contributed by atoms with Crippen molar-refractivity contribution in [2.45, 2.75) is 51.4 Å². The Kier molecular flexibility index (Phi) is 5.56. The fourth-order valence-corrected chi connectivity index (χ4v) is 3.12. The normalized spacial score (nSPS) is 17.9. The summed E-state index contributed by atoms with van der Waals surface area (Å²) in [7, 11) is 0. The van der Waals surface area contributed by atoms with Crippen molar-refractivity contribution < 1.29 is 9.32 Å². The first-order chi connectivity index (χ1) is 11.8. The van der Waals surface area contributed by atoms with E-state index in [0.717, 1.165) is 50.2 Å². The summed E-state index contributed by atoms with van der Waals surface area (Å²) in [6.07, 6.45) is 6.79. The van der Waals surface area contributed by atoms with Crippen LogP contribution in [-0.4, -0.2) is 39.0 Å². The summed E-state index contributed by atoms with van der Waals surface area (Å²) >= 11 is 0. The van der Waals surface area contributed by atoms with Gasteiger partial charge in [0.25, 0.3) is 0 Å². The molecule has 0 radical (unpaired) electrons. The van der Waals surface area contributed by atoms with Crippen molar-refractivity contribution in [3.63, 3.8) is 0 Å². The second-order valence-corrected chi connectivity index (χ2v) is 6.25. The van der Waals surface area contributed by atoms with Crippen LogP contribution in [0.25, 0.3) is 0 Å². The largest absolute Gasteiger partial charge is 0.342 e.